The minimum absolute atomic E-state index is 0.0344. The number of rotatable bonds is 6. The van der Waals surface area contributed by atoms with Gasteiger partial charge in [-0.25, -0.2) is 0 Å². The second kappa shape index (κ2) is 8.05. The van der Waals surface area contributed by atoms with Gasteiger partial charge in [0.1, 0.15) is 0 Å². The third kappa shape index (κ3) is 4.23. The first-order valence-corrected chi connectivity index (χ1v) is 11.2. The molecule has 4 bridgehead atoms. The van der Waals surface area contributed by atoms with Crippen LogP contribution in [0.5, 0.6) is 0 Å². The van der Waals surface area contributed by atoms with Gasteiger partial charge in [-0.05, 0) is 88.2 Å². The number of hydrogen-bond acceptors (Lipinski definition) is 3. The maximum atomic E-state index is 12.9. The van der Waals surface area contributed by atoms with Gasteiger partial charge in [0.2, 0.25) is 17.7 Å². The second-order valence-electron chi connectivity index (χ2n) is 9.98. The molecule has 30 heavy (non-hydrogen) atoms. The smallest absolute Gasteiger partial charge is 0.243 e. The Kier molecular flexibility index (Phi) is 5.60. The molecule has 3 amide bonds. The Labute approximate surface area is 178 Å². The number of amides is 3. The van der Waals surface area contributed by atoms with Crippen LogP contribution >= 0.6 is 0 Å². The standard InChI is InChI=1S/C24H33N3O3/c1-14-4-15(2)22(16(3)5-14)27-21(29)13-25-20(28)12-26-23(30)24-9-17-6-18(10-24)8-19(7-17)11-24/h4-5,17-19H,6-13H2,1-3H3,(H,25,28)(H,26,30)(H,27,29). The first-order valence-electron chi connectivity index (χ1n) is 11.2. The van der Waals surface area contributed by atoms with Gasteiger partial charge in [-0.2, -0.15) is 0 Å². The molecule has 0 unspecified atom stereocenters. The van der Waals surface area contributed by atoms with E-state index in [1.807, 2.05) is 32.9 Å². The van der Waals surface area contributed by atoms with Crippen LogP contribution in [0.3, 0.4) is 0 Å². The summed E-state index contributed by atoms with van der Waals surface area (Å²) in [7, 11) is 0. The topological polar surface area (TPSA) is 87.3 Å². The zero-order chi connectivity index (χ0) is 21.5. The molecule has 4 aliphatic carbocycles. The quantitative estimate of drug-likeness (QED) is 0.672. The van der Waals surface area contributed by atoms with Crippen LogP contribution in [0.25, 0.3) is 0 Å². The van der Waals surface area contributed by atoms with Crippen molar-refractivity contribution in [3.05, 3.63) is 28.8 Å². The van der Waals surface area contributed by atoms with Crippen LogP contribution in [0.4, 0.5) is 5.69 Å². The highest BCUT2D eigenvalue weighted by atomic mass is 16.2. The summed E-state index contributed by atoms with van der Waals surface area (Å²) < 4.78 is 0. The molecule has 0 radical (unpaired) electrons. The average molecular weight is 412 g/mol. The van der Waals surface area contributed by atoms with Crippen LogP contribution in [0.1, 0.15) is 55.2 Å². The molecule has 6 nitrogen and oxygen atoms in total. The highest BCUT2D eigenvalue weighted by molar-refractivity contribution is 5.96. The summed E-state index contributed by atoms with van der Waals surface area (Å²) in [6.45, 7) is 5.74. The molecule has 0 aromatic heterocycles. The maximum absolute atomic E-state index is 12.9. The Morgan fingerprint density at radius 3 is 1.87 bits per heavy atom. The monoisotopic (exact) mass is 411 g/mol. The molecule has 4 fully saturated rings. The lowest BCUT2D eigenvalue weighted by atomic mass is 9.49. The number of aryl methyl sites for hydroxylation is 3. The van der Waals surface area contributed by atoms with E-state index >= 15 is 0 Å². The Bertz CT molecular complexity index is 818. The van der Waals surface area contributed by atoms with Gasteiger partial charge in [0, 0.05) is 11.1 Å². The lowest BCUT2D eigenvalue weighted by Crippen LogP contribution is -2.54. The van der Waals surface area contributed by atoms with E-state index in [1.54, 1.807) is 0 Å². The van der Waals surface area contributed by atoms with Crippen molar-refractivity contribution in [3.8, 4) is 0 Å². The summed E-state index contributed by atoms with van der Waals surface area (Å²) in [4.78, 5) is 37.4. The molecule has 0 atom stereocenters. The molecule has 0 saturated heterocycles. The van der Waals surface area contributed by atoms with E-state index in [0.717, 1.165) is 41.6 Å². The number of benzene rings is 1. The molecular weight excluding hydrogens is 378 g/mol. The largest absolute Gasteiger partial charge is 0.347 e. The zero-order valence-electron chi connectivity index (χ0n) is 18.3. The molecule has 6 heteroatoms. The van der Waals surface area contributed by atoms with Gasteiger partial charge in [0.05, 0.1) is 13.1 Å². The molecular formula is C24H33N3O3. The van der Waals surface area contributed by atoms with Gasteiger partial charge >= 0.3 is 0 Å². The number of anilines is 1. The van der Waals surface area contributed by atoms with E-state index < -0.39 is 0 Å². The predicted molar refractivity (Wildman–Crippen MR) is 116 cm³/mol. The van der Waals surface area contributed by atoms with Crippen LogP contribution in [-0.2, 0) is 14.4 Å². The van der Waals surface area contributed by atoms with Gasteiger partial charge in [-0.1, -0.05) is 17.7 Å². The Morgan fingerprint density at radius 1 is 0.833 bits per heavy atom. The molecule has 3 N–H and O–H groups in total. The van der Waals surface area contributed by atoms with Crippen molar-refractivity contribution in [1.29, 1.82) is 0 Å². The summed E-state index contributed by atoms with van der Waals surface area (Å²) >= 11 is 0. The normalized spacial score (nSPS) is 28.8. The minimum atomic E-state index is -0.333. The molecule has 4 saturated carbocycles. The predicted octanol–water partition coefficient (Wildman–Crippen LogP) is 3.00. The molecule has 1 aromatic rings. The summed E-state index contributed by atoms with van der Waals surface area (Å²) in [6.07, 6.45) is 6.77. The molecule has 0 aliphatic heterocycles. The van der Waals surface area contributed by atoms with Gasteiger partial charge in [-0.3, -0.25) is 14.4 Å². The van der Waals surface area contributed by atoms with Gasteiger partial charge in [0.15, 0.2) is 0 Å². The van der Waals surface area contributed by atoms with Crippen LogP contribution in [-0.4, -0.2) is 30.8 Å². The van der Waals surface area contributed by atoms with Crippen molar-refractivity contribution in [3.63, 3.8) is 0 Å². The Morgan fingerprint density at radius 2 is 1.33 bits per heavy atom. The van der Waals surface area contributed by atoms with Crippen LogP contribution in [0.2, 0.25) is 0 Å². The summed E-state index contributed by atoms with van der Waals surface area (Å²) in [5.74, 6) is 1.49. The van der Waals surface area contributed by atoms with Crippen LogP contribution in [0.15, 0.2) is 12.1 Å². The van der Waals surface area contributed by atoms with Crippen molar-refractivity contribution in [1.82, 2.24) is 10.6 Å². The zero-order valence-corrected chi connectivity index (χ0v) is 18.3. The minimum Gasteiger partial charge on any atom is -0.347 e. The van der Waals surface area contributed by atoms with E-state index in [9.17, 15) is 14.4 Å². The maximum Gasteiger partial charge on any atom is 0.243 e. The Hall–Kier alpha value is -2.37. The highest BCUT2D eigenvalue weighted by Crippen LogP contribution is 2.60. The van der Waals surface area contributed by atoms with E-state index in [0.29, 0.717) is 17.8 Å². The highest BCUT2D eigenvalue weighted by Gasteiger charge is 2.54. The van der Waals surface area contributed by atoms with Crippen molar-refractivity contribution in [2.75, 3.05) is 18.4 Å². The van der Waals surface area contributed by atoms with Crippen molar-refractivity contribution in [2.24, 2.45) is 23.2 Å². The number of carbonyl (C=O) groups is 3. The van der Waals surface area contributed by atoms with Crippen molar-refractivity contribution in [2.45, 2.75) is 59.3 Å². The van der Waals surface area contributed by atoms with Crippen molar-refractivity contribution >= 4 is 23.4 Å². The molecule has 0 spiro atoms. The Balaban J connectivity index is 1.24. The number of hydrogen-bond donors (Lipinski definition) is 3. The van der Waals surface area contributed by atoms with Gasteiger partial charge < -0.3 is 16.0 Å². The third-order valence-corrected chi connectivity index (χ3v) is 7.32. The SMILES string of the molecule is Cc1cc(C)c(NC(=O)CNC(=O)CNC(=O)C23CC4CC(CC(C4)C2)C3)c(C)c1. The summed E-state index contributed by atoms with van der Waals surface area (Å²) in [5.41, 5.74) is 3.67. The fraction of sp³-hybridized carbons (Fsp3) is 0.625. The first-order chi connectivity index (χ1) is 14.2. The lowest BCUT2D eigenvalue weighted by Gasteiger charge is -2.55. The fourth-order valence-electron chi connectivity index (χ4n) is 6.54. The lowest BCUT2D eigenvalue weighted by molar-refractivity contribution is -0.147. The van der Waals surface area contributed by atoms with Crippen molar-refractivity contribution < 1.29 is 14.4 Å². The van der Waals surface area contributed by atoms with Crippen LogP contribution in [0, 0.1) is 43.9 Å². The molecule has 5 rings (SSSR count). The van der Waals surface area contributed by atoms with E-state index in [2.05, 4.69) is 16.0 Å². The van der Waals surface area contributed by atoms with E-state index in [1.165, 1.54) is 19.3 Å². The van der Waals surface area contributed by atoms with E-state index in [4.69, 9.17) is 0 Å². The van der Waals surface area contributed by atoms with Crippen LogP contribution < -0.4 is 16.0 Å². The van der Waals surface area contributed by atoms with E-state index in [-0.39, 0.29) is 36.2 Å². The molecule has 162 valence electrons. The molecule has 4 aliphatic rings. The summed E-state index contributed by atoms with van der Waals surface area (Å²) in [6, 6.07) is 4.03. The number of carbonyl (C=O) groups excluding carboxylic acids is 3. The average Bonchev–Trinajstić information content (AvgIpc) is 2.66. The second-order valence-corrected chi connectivity index (χ2v) is 9.98. The molecule has 0 heterocycles. The number of nitrogens with one attached hydrogen (secondary N) is 3. The first kappa shape index (κ1) is 20.9. The summed E-state index contributed by atoms with van der Waals surface area (Å²) in [5, 5.41) is 8.35. The third-order valence-electron chi connectivity index (χ3n) is 7.32. The fourth-order valence-corrected chi connectivity index (χ4v) is 6.54. The molecule has 1 aromatic carbocycles. The van der Waals surface area contributed by atoms with Gasteiger partial charge in [0.25, 0.3) is 0 Å². The van der Waals surface area contributed by atoms with Gasteiger partial charge in [-0.15, -0.1) is 0 Å².